The molecule has 2 heterocycles. The minimum Gasteiger partial charge on any atom is -0.326 e. The molecule has 6 nitrogen and oxygen atoms in total. The van der Waals surface area contributed by atoms with Crippen molar-refractivity contribution >= 4 is 22.9 Å². The van der Waals surface area contributed by atoms with Crippen LogP contribution in [0.5, 0.6) is 0 Å². The third kappa shape index (κ3) is 4.40. The SMILES string of the molecule is Cc1cccc(NC(=O)CCc2c(C)[nH]n(-c3nc(-c4ccc(F)cc4)cs3)c2=O)c1C. The first-order valence-corrected chi connectivity index (χ1v) is 11.1. The summed E-state index contributed by atoms with van der Waals surface area (Å²) in [7, 11) is 0. The van der Waals surface area contributed by atoms with Gasteiger partial charge in [0, 0.05) is 34.3 Å². The summed E-state index contributed by atoms with van der Waals surface area (Å²) >= 11 is 1.31. The Bertz CT molecular complexity index is 1340. The fourth-order valence-electron chi connectivity index (χ4n) is 3.47. The van der Waals surface area contributed by atoms with Crippen LogP contribution >= 0.6 is 11.3 Å². The fraction of sp³-hybridized carbons (Fsp3) is 0.208. The zero-order chi connectivity index (χ0) is 22.8. The number of aromatic nitrogens is 3. The zero-order valence-electron chi connectivity index (χ0n) is 18.0. The molecule has 2 aromatic heterocycles. The topological polar surface area (TPSA) is 79.8 Å². The molecular weight excluding hydrogens is 427 g/mol. The molecule has 1 amide bonds. The number of halogens is 1. The Hall–Kier alpha value is -3.52. The van der Waals surface area contributed by atoms with E-state index in [0.29, 0.717) is 28.5 Å². The summed E-state index contributed by atoms with van der Waals surface area (Å²) in [6.07, 6.45) is 0.515. The van der Waals surface area contributed by atoms with E-state index in [-0.39, 0.29) is 23.7 Å². The van der Waals surface area contributed by atoms with E-state index in [1.165, 1.54) is 28.2 Å². The average molecular weight is 451 g/mol. The minimum atomic E-state index is -0.313. The molecule has 8 heteroatoms. The van der Waals surface area contributed by atoms with Gasteiger partial charge in [-0.2, -0.15) is 4.68 Å². The van der Waals surface area contributed by atoms with Gasteiger partial charge in [-0.1, -0.05) is 12.1 Å². The molecule has 0 aliphatic heterocycles. The van der Waals surface area contributed by atoms with Crippen molar-refractivity contribution in [2.75, 3.05) is 5.32 Å². The summed E-state index contributed by atoms with van der Waals surface area (Å²) in [5, 5.41) is 8.29. The summed E-state index contributed by atoms with van der Waals surface area (Å²) < 4.78 is 14.6. The van der Waals surface area contributed by atoms with Crippen molar-refractivity contribution in [2.45, 2.75) is 33.6 Å². The van der Waals surface area contributed by atoms with E-state index >= 15 is 0 Å². The van der Waals surface area contributed by atoms with Crippen molar-refractivity contribution in [1.82, 2.24) is 14.8 Å². The van der Waals surface area contributed by atoms with Gasteiger partial charge in [-0.3, -0.25) is 14.7 Å². The normalized spacial score (nSPS) is 11.0. The van der Waals surface area contributed by atoms with E-state index in [9.17, 15) is 14.0 Å². The number of amides is 1. The van der Waals surface area contributed by atoms with Crippen LogP contribution < -0.4 is 10.9 Å². The lowest BCUT2D eigenvalue weighted by Crippen LogP contribution is -2.19. The Kier molecular flexibility index (Phi) is 6.05. The number of anilines is 1. The maximum Gasteiger partial charge on any atom is 0.276 e. The lowest BCUT2D eigenvalue weighted by molar-refractivity contribution is -0.116. The smallest absolute Gasteiger partial charge is 0.276 e. The van der Waals surface area contributed by atoms with Crippen molar-refractivity contribution in [1.29, 1.82) is 0 Å². The first kappa shape index (κ1) is 21.7. The Morgan fingerprint density at radius 1 is 1.16 bits per heavy atom. The molecule has 4 aromatic rings. The van der Waals surface area contributed by atoms with E-state index in [1.807, 2.05) is 44.4 Å². The molecule has 0 fully saturated rings. The summed E-state index contributed by atoms with van der Waals surface area (Å²) in [6.45, 7) is 5.77. The third-order valence-electron chi connectivity index (χ3n) is 5.50. The van der Waals surface area contributed by atoms with Crippen LogP contribution in [0.25, 0.3) is 16.4 Å². The number of aromatic amines is 1. The van der Waals surface area contributed by atoms with E-state index < -0.39 is 0 Å². The van der Waals surface area contributed by atoms with Crippen LogP contribution in [0.3, 0.4) is 0 Å². The molecule has 164 valence electrons. The Morgan fingerprint density at radius 2 is 1.91 bits per heavy atom. The van der Waals surface area contributed by atoms with Crippen LogP contribution in [0.2, 0.25) is 0 Å². The molecule has 0 atom stereocenters. The number of hydrogen-bond acceptors (Lipinski definition) is 4. The second-order valence-corrected chi connectivity index (χ2v) is 8.51. The largest absolute Gasteiger partial charge is 0.326 e. The fourth-order valence-corrected chi connectivity index (χ4v) is 4.26. The summed E-state index contributed by atoms with van der Waals surface area (Å²) in [5.41, 5.74) is 5.40. The third-order valence-corrected chi connectivity index (χ3v) is 6.32. The van der Waals surface area contributed by atoms with Crippen LogP contribution in [-0.2, 0) is 11.2 Å². The van der Waals surface area contributed by atoms with E-state index in [1.54, 1.807) is 12.1 Å². The number of carbonyl (C=O) groups is 1. The van der Waals surface area contributed by atoms with Gasteiger partial charge in [0.1, 0.15) is 5.82 Å². The molecule has 0 saturated heterocycles. The Labute approximate surface area is 188 Å². The summed E-state index contributed by atoms with van der Waals surface area (Å²) in [4.78, 5) is 29.9. The van der Waals surface area contributed by atoms with Crippen molar-refractivity contribution in [3.63, 3.8) is 0 Å². The average Bonchev–Trinajstić information content (AvgIpc) is 3.35. The molecule has 0 aliphatic carbocycles. The monoisotopic (exact) mass is 450 g/mol. The number of nitrogens with one attached hydrogen (secondary N) is 2. The van der Waals surface area contributed by atoms with E-state index in [4.69, 9.17) is 0 Å². The van der Waals surface area contributed by atoms with Crippen molar-refractivity contribution in [3.05, 3.63) is 86.4 Å². The van der Waals surface area contributed by atoms with Gasteiger partial charge < -0.3 is 5.32 Å². The molecule has 2 N–H and O–H groups in total. The highest BCUT2D eigenvalue weighted by molar-refractivity contribution is 7.12. The van der Waals surface area contributed by atoms with Gasteiger partial charge in [0.2, 0.25) is 11.0 Å². The maximum atomic E-state index is 13.2. The predicted octanol–water partition coefficient (Wildman–Crippen LogP) is 4.92. The molecule has 2 aromatic carbocycles. The van der Waals surface area contributed by atoms with Crippen LogP contribution in [0.1, 0.15) is 28.8 Å². The highest BCUT2D eigenvalue weighted by atomic mass is 32.1. The molecular formula is C24H23FN4O2S. The highest BCUT2D eigenvalue weighted by Crippen LogP contribution is 2.24. The van der Waals surface area contributed by atoms with Crippen LogP contribution in [-0.4, -0.2) is 20.7 Å². The molecule has 0 saturated carbocycles. The highest BCUT2D eigenvalue weighted by Gasteiger charge is 2.17. The van der Waals surface area contributed by atoms with Gasteiger partial charge in [-0.25, -0.2) is 9.37 Å². The summed E-state index contributed by atoms with van der Waals surface area (Å²) in [5.74, 6) is -0.454. The molecule has 0 bridgehead atoms. The number of H-pyrrole nitrogens is 1. The second-order valence-electron chi connectivity index (χ2n) is 7.67. The van der Waals surface area contributed by atoms with Gasteiger partial charge >= 0.3 is 0 Å². The van der Waals surface area contributed by atoms with Gasteiger partial charge in [0.05, 0.1) is 5.69 Å². The van der Waals surface area contributed by atoms with Gasteiger partial charge in [0.15, 0.2) is 0 Å². The van der Waals surface area contributed by atoms with Gasteiger partial charge in [0.25, 0.3) is 5.56 Å². The number of aryl methyl sites for hydroxylation is 2. The summed E-state index contributed by atoms with van der Waals surface area (Å²) in [6, 6.07) is 11.8. The minimum absolute atomic E-state index is 0.141. The standard InChI is InChI=1S/C24H23FN4O2S/c1-14-5-4-6-20(15(14)2)26-22(30)12-11-19-16(3)28-29(23(19)31)24-27-21(13-32-24)17-7-9-18(25)10-8-17/h4-10,13,28H,11-12H2,1-3H3,(H,26,30). The molecule has 32 heavy (non-hydrogen) atoms. The predicted molar refractivity (Wildman–Crippen MR) is 125 cm³/mol. The quantitative estimate of drug-likeness (QED) is 0.437. The molecule has 0 spiro atoms. The number of nitrogens with zero attached hydrogens (tertiary/aromatic N) is 2. The van der Waals surface area contributed by atoms with E-state index in [0.717, 1.165) is 22.4 Å². The van der Waals surface area contributed by atoms with Gasteiger partial charge in [-0.15, -0.1) is 11.3 Å². The first-order valence-electron chi connectivity index (χ1n) is 10.2. The van der Waals surface area contributed by atoms with Crippen molar-refractivity contribution in [2.24, 2.45) is 0 Å². The second kappa shape index (κ2) is 8.92. The number of hydrogen-bond donors (Lipinski definition) is 2. The lowest BCUT2D eigenvalue weighted by atomic mass is 10.1. The van der Waals surface area contributed by atoms with Crippen molar-refractivity contribution in [3.8, 4) is 16.4 Å². The van der Waals surface area contributed by atoms with Gasteiger partial charge in [-0.05, 0) is 68.7 Å². The Balaban J connectivity index is 1.49. The lowest BCUT2D eigenvalue weighted by Gasteiger charge is -2.10. The first-order chi connectivity index (χ1) is 15.3. The van der Waals surface area contributed by atoms with Crippen LogP contribution in [0.15, 0.2) is 52.6 Å². The van der Waals surface area contributed by atoms with Crippen molar-refractivity contribution < 1.29 is 9.18 Å². The molecule has 0 unspecified atom stereocenters. The zero-order valence-corrected chi connectivity index (χ0v) is 18.8. The number of benzene rings is 2. The Morgan fingerprint density at radius 3 is 2.66 bits per heavy atom. The number of thiazole rings is 1. The van der Waals surface area contributed by atoms with Crippen LogP contribution in [0.4, 0.5) is 10.1 Å². The number of carbonyl (C=O) groups excluding carboxylic acids is 1. The number of rotatable bonds is 6. The molecule has 4 rings (SSSR count). The van der Waals surface area contributed by atoms with E-state index in [2.05, 4.69) is 15.4 Å². The van der Waals surface area contributed by atoms with Crippen LogP contribution in [0, 0.1) is 26.6 Å². The molecule has 0 radical (unpaired) electrons. The molecule has 0 aliphatic rings. The maximum absolute atomic E-state index is 13.2.